The second-order valence-electron chi connectivity index (χ2n) is 4.87. The van der Waals surface area contributed by atoms with Gasteiger partial charge in [-0.2, -0.15) is 0 Å². The van der Waals surface area contributed by atoms with Gasteiger partial charge in [0.2, 0.25) is 0 Å². The Kier molecular flexibility index (Phi) is 5.06. The van der Waals surface area contributed by atoms with Crippen LogP contribution in [0.5, 0.6) is 5.75 Å². The third kappa shape index (κ3) is 4.05. The molecule has 134 valence electrons. The quantitative estimate of drug-likeness (QED) is 0.351. The largest absolute Gasteiger partial charge is 0.427 e. The van der Waals surface area contributed by atoms with Crippen molar-refractivity contribution in [1.82, 2.24) is 0 Å². The number of carbonyl (C=O) groups is 1. The lowest BCUT2D eigenvalue weighted by atomic mass is 10.2. The summed E-state index contributed by atoms with van der Waals surface area (Å²) in [4.78, 5) is 41.2. The first-order chi connectivity index (χ1) is 12.2. The molecule has 12 heteroatoms. The Morgan fingerprint density at radius 3 is 1.81 bits per heavy atom. The second kappa shape index (κ2) is 7.21. The SMILES string of the molecule is CC(=O)Oc1ccc(Nc2c([N+](=O)[O-])cc([N+](=O)[O-])cc2[N+](=O)[O-])cc1. The molecular formula is C14H10N4O8. The molecule has 0 aliphatic rings. The van der Waals surface area contributed by atoms with Crippen LogP contribution in [-0.2, 0) is 4.79 Å². The lowest BCUT2D eigenvalue weighted by Crippen LogP contribution is -2.04. The zero-order valence-corrected chi connectivity index (χ0v) is 13.1. The Labute approximate surface area is 144 Å². The van der Waals surface area contributed by atoms with Crippen LogP contribution >= 0.6 is 0 Å². The maximum absolute atomic E-state index is 11.2. The number of nitrogens with zero attached hydrogens (tertiary/aromatic N) is 3. The summed E-state index contributed by atoms with van der Waals surface area (Å²) in [6.45, 7) is 1.20. The Balaban J connectivity index is 2.50. The normalized spacial score (nSPS) is 10.0. The fourth-order valence-corrected chi connectivity index (χ4v) is 2.04. The summed E-state index contributed by atoms with van der Waals surface area (Å²) in [6, 6.07) is 6.73. The van der Waals surface area contributed by atoms with Gasteiger partial charge in [0.05, 0.1) is 26.9 Å². The molecule has 0 radical (unpaired) electrons. The summed E-state index contributed by atoms with van der Waals surface area (Å²) in [5.74, 6) is -0.344. The first-order valence-corrected chi connectivity index (χ1v) is 6.85. The average Bonchev–Trinajstić information content (AvgIpc) is 2.55. The van der Waals surface area contributed by atoms with Gasteiger partial charge in [0.15, 0.2) is 5.69 Å². The van der Waals surface area contributed by atoms with Crippen molar-refractivity contribution in [3.63, 3.8) is 0 Å². The molecule has 12 nitrogen and oxygen atoms in total. The topological polar surface area (TPSA) is 168 Å². The average molecular weight is 362 g/mol. The zero-order chi connectivity index (χ0) is 19.4. The van der Waals surface area contributed by atoms with E-state index in [0.717, 1.165) is 0 Å². The van der Waals surface area contributed by atoms with Gasteiger partial charge in [-0.25, -0.2) is 0 Å². The van der Waals surface area contributed by atoms with Crippen LogP contribution in [0.15, 0.2) is 36.4 Å². The van der Waals surface area contributed by atoms with Crippen molar-refractivity contribution in [1.29, 1.82) is 0 Å². The van der Waals surface area contributed by atoms with Crippen LogP contribution in [0.4, 0.5) is 28.4 Å². The Bertz CT molecular complexity index is 875. The summed E-state index contributed by atoms with van der Waals surface area (Å²) in [6.07, 6.45) is 0. The minimum absolute atomic E-state index is 0.204. The van der Waals surface area contributed by atoms with Gasteiger partial charge in [-0.15, -0.1) is 0 Å². The van der Waals surface area contributed by atoms with E-state index in [0.29, 0.717) is 12.1 Å². The minimum Gasteiger partial charge on any atom is -0.427 e. The summed E-state index contributed by atoms with van der Waals surface area (Å²) in [7, 11) is 0. The van der Waals surface area contributed by atoms with Crippen molar-refractivity contribution in [2.75, 3.05) is 5.32 Å². The van der Waals surface area contributed by atoms with Crippen LogP contribution in [-0.4, -0.2) is 20.7 Å². The molecule has 1 N–H and O–H groups in total. The Morgan fingerprint density at radius 2 is 1.42 bits per heavy atom. The van der Waals surface area contributed by atoms with E-state index < -0.39 is 43.5 Å². The van der Waals surface area contributed by atoms with Crippen LogP contribution in [0.3, 0.4) is 0 Å². The standard InChI is InChI=1S/C14H10N4O8/c1-8(19)26-11-4-2-9(3-5-11)15-14-12(17(22)23)6-10(16(20)21)7-13(14)18(24)25/h2-7,15H,1H3. The Morgan fingerprint density at radius 1 is 0.923 bits per heavy atom. The van der Waals surface area contributed by atoms with E-state index in [9.17, 15) is 35.1 Å². The van der Waals surface area contributed by atoms with E-state index >= 15 is 0 Å². The first kappa shape index (κ1) is 18.3. The number of nitro benzene ring substituents is 3. The number of hydrogen-bond donors (Lipinski definition) is 1. The summed E-state index contributed by atoms with van der Waals surface area (Å²) in [5, 5.41) is 35.7. The molecule has 0 spiro atoms. The molecule has 0 unspecified atom stereocenters. The second-order valence-corrected chi connectivity index (χ2v) is 4.87. The number of non-ortho nitro benzene ring substituents is 1. The lowest BCUT2D eigenvalue weighted by molar-refractivity contribution is -0.401. The molecule has 0 bridgehead atoms. The van der Waals surface area contributed by atoms with E-state index in [1.54, 1.807) is 0 Å². The van der Waals surface area contributed by atoms with Gasteiger partial charge in [-0.3, -0.25) is 35.1 Å². The highest BCUT2D eigenvalue weighted by Crippen LogP contribution is 2.40. The minimum atomic E-state index is -0.963. The fraction of sp³-hybridized carbons (Fsp3) is 0.0714. The van der Waals surface area contributed by atoms with Gasteiger partial charge < -0.3 is 10.1 Å². The van der Waals surface area contributed by atoms with Crippen molar-refractivity contribution in [2.24, 2.45) is 0 Å². The number of carbonyl (C=O) groups excluding carboxylic acids is 1. The number of esters is 1. The van der Waals surface area contributed by atoms with Crippen LogP contribution in [0, 0.1) is 30.3 Å². The van der Waals surface area contributed by atoms with Crippen molar-refractivity contribution in [3.05, 3.63) is 66.7 Å². The number of hydrogen-bond acceptors (Lipinski definition) is 9. The van der Waals surface area contributed by atoms with E-state index in [4.69, 9.17) is 4.74 Å². The molecule has 0 aromatic heterocycles. The number of nitro groups is 3. The molecule has 2 aromatic carbocycles. The predicted octanol–water partition coefficient (Wildman–Crippen LogP) is 3.08. The lowest BCUT2D eigenvalue weighted by Gasteiger charge is -2.09. The van der Waals surface area contributed by atoms with Gasteiger partial charge in [0.25, 0.3) is 5.69 Å². The first-order valence-electron chi connectivity index (χ1n) is 6.85. The number of ether oxygens (including phenoxy) is 1. The molecule has 0 heterocycles. The monoisotopic (exact) mass is 362 g/mol. The van der Waals surface area contributed by atoms with Crippen molar-refractivity contribution in [2.45, 2.75) is 6.92 Å². The Hall–Kier alpha value is -4.09. The summed E-state index contributed by atoms with van der Waals surface area (Å²) < 4.78 is 4.83. The molecule has 0 saturated heterocycles. The number of anilines is 2. The summed E-state index contributed by atoms with van der Waals surface area (Å²) >= 11 is 0. The van der Waals surface area contributed by atoms with E-state index in [2.05, 4.69) is 5.32 Å². The third-order valence-electron chi connectivity index (χ3n) is 3.07. The molecule has 0 aliphatic heterocycles. The van der Waals surface area contributed by atoms with Crippen molar-refractivity contribution in [3.8, 4) is 5.75 Å². The van der Waals surface area contributed by atoms with Gasteiger partial charge >= 0.3 is 17.3 Å². The molecule has 2 rings (SSSR count). The molecular weight excluding hydrogens is 352 g/mol. The highest BCUT2D eigenvalue weighted by molar-refractivity contribution is 5.81. The van der Waals surface area contributed by atoms with Crippen LogP contribution in [0.2, 0.25) is 0 Å². The molecule has 0 aliphatic carbocycles. The third-order valence-corrected chi connectivity index (χ3v) is 3.07. The number of benzene rings is 2. The van der Waals surface area contributed by atoms with Crippen LogP contribution < -0.4 is 10.1 Å². The van der Waals surface area contributed by atoms with Crippen molar-refractivity contribution < 1.29 is 24.3 Å². The summed E-state index contributed by atoms with van der Waals surface area (Å²) in [5.41, 5.74) is -2.73. The van der Waals surface area contributed by atoms with Crippen molar-refractivity contribution >= 4 is 34.4 Å². The maximum atomic E-state index is 11.2. The highest BCUT2D eigenvalue weighted by atomic mass is 16.6. The number of rotatable bonds is 6. The number of nitrogens with one attached hydrogen (secondary N) is 1. The molecule has 0 saturated carbocycles. The predicted molar refractivity (Wildman–Crippen MR) is 87.4 cm³/mol. The van der Waals surface area contributed by atoms with Gasteiger partial charge in [-0.05, 0) is 24.3 Å². The molecule has 0 atom stereocenters. The smallest absolute Gasteiger partial charge is 0.308 e. The fourth-order valence-electron chi connectivity index (χ4n) is 2.04. The molecule has 0 fully saturated rings. The van der Waals surface area contributed by atoms with Crippen LogP contribution in [0.25, 0.3) is 0 Å². The molecule has 2 aromatic rings. The maximum Gasteiger partial charge on any atom is 0.308 e. The van der Waals surface area contributed by atoms with E-state index in [1.165, 1.54) is 31.2 Å². The highest BCUT2D eigenvalue weighted by Gasteiger charge is 2.30. The zero-order valence-electron chi connectivity index (χ0n) is 13.1. The molecule has 26 heavy (non-hydrogen) atoms. The van der Waals surface area contributed by atoms with E-state index in [1.807, 2.05) is 0 Å². The van der Waals surface area contributed by atoms with Crippen LogP contribution in [0.1, 0.15) is 6.92 Å². The van der Waals surface area contributed by atoms with Gasteiger partial charge in [0.1, 0.15) is 5.75 Å². The molecule has 0 amide bonds. The van der Waals surface area contributed by atoms with Gasteiger partial charge in [0, 0.05) is 12.6 Å². The van der Waals surface area contributed by atoms with Gasteiger partial charge in [-0.1, -0.05) is 0 Å². The van der Waals surface area contributed by atoms with E-state index in [-0.39, 0.29) is 11.4 Å².